The van der Waals surface area contributed by atoms with Gasteiger partial charge in [0.25, 0.3) is 5.79 Å². The van der Waals surface area contributed by atoms with Gasteiger partial charge >= 0.3 is 5.97 Å². The molecule has 37 nitrogen and oxygen atoms in total. The molecule has 0 aromatic rings. The summed E-state index contributed by atoms with van der Waals surface area (Å²) in [6.45, 7) is -2.39. The van der Waals surface area contributed by atoms with Crippen molar-refractivity contribution < 1.29 is 178 Å². The average molecular weight is 1280 g/mol. The zero-order chi connectivity index (χ0) is 64.3. The highest BCUT2D eigenvalue weighted by atomic mass is 16.8. The Morgan fingerprint density at radius 1 is 0.517 bits per heavy atom. The van der Waals surface area contributed by atoms with Crippen LogP contribution in [0.4, 0.5) is 0 Å². The number of aliphatic hydroxyl groups excluding tert-OH is 19. The number of hydrogen-bond donors (Lipinski definition) is 21. The van der Waals surface area contributed by atoms with Gasteiger partial charge in [-0.2, -0.15) is 0 Å². The number of carboxylic acids is 1. The fourth-order valence-electron chi connectivity index (χ4n) is 11.7. The van der Waals surface area contributed by atoms with Gasteiger partial charge in [0.05, 0.1) is 64.1 Å². The fraction of sp³-hybridized carbons (Fsp3) is 0.960. The van der Waals surface area contributed by atoms with Gasteiger partial charge in [0.15, 0.2) is 31.5 Å². The first-order chi connectivity index (χ1) is 41.1. The van der Waals surface area contributed by atoms with Gasteiger partial charge in [-0.3, -0.25) is 4.79 Å². The average Bonchev–Trinajstić information content (AvgIpc) is 1.22. The Morgan fingerprint density at radius 2 is 0.977 bits per heavy atom. The van der Waals surface area contributed by atoms with Gasteiger partial charge in [-0.25, -0.2) is 4.79 Å². The smallest absolute Gasteiger partial charge is 0.364 e. The summed E-state index contributed by atoms with van der Waals surface area (Å²) in [6.07, 6.45) is -60.8. The van der Waals surface area contributed by atoms with Crippen LogP contribution in [0.1, 0.15) is 33.6 Å². The van der Waals surface area contributed by atoms with Crippen molar-refractivity contribution in [2.45, 2.75) is 242 Å². The molecule has 0 radical (unpaired) electrons. The van der Waals surface area contributed by atoms with E-state index >= 15 is 0 Å². The number of ether oxygens (including phenoxy) is 14. The van der Waals surface area contributed by atoms with E-state index in [0.29, 0.717) is 0 Å². The monoisotopic (exact) mass is 1280 g/mol. The molecule has 7 fully saturated rings. The first-order valence-corrected chi connectivity index (χ1v) is 28.2. The number of nitrogens with one attached hydrogen (secondary N) is 1. The Labute approximate surface area is 495 Å². The second kappa shape index (κ2) is 31.0. The van der Waals surface area contributed by atoms with Crippen LogP contribution in [0.3, 0.4) is 0 Å². The van der Waals surface area contributed by atoms with E-state index in [1.165, 1.54) is 21.0 Å². The Bertz CT molecular complexity index is 2150. The molecule has 7 aliphatic heterocycles. The second-order valence-corrected chi connectivity index (χ2v) is 22.5. The molecule has 35 atom stereocenters. The topological polar surface area (TPSA) is 580 Å². The van der Waals surface area contributed by atoms with E-state index in [2.05, 4.69) is 5.32 Å². The van der Waals surface area contributed by atoms with E-state index in [4.69, 9.17) is 66.3 Å². The minimum absolute atomic E-state index is 0.319. The van der Waals surface area contributed by atoms with Gasteiger partial charge in [0.1, 0.15) is 146 Å². The van der Waals surface area contributed by atoms with Crippen LogP contribution < -0.4 is 5.32 Å². The Balaban J connectivity index is 1.12. The molecule has 35 unspecified atom stereocenters. The third kappa shape index (κ3) is 15.3. The van der Waals surface area contributed by atoms with E-state index < -0.39 is 279 Å². The highest BCUT2D eigenvalue weighted by molar-refractivity contribution is 5.76. The highest BCUT2D eigenvalue weighted by Gasteiger charge is 2.61. The van der Waals surface area contributed by atoms with Crippen LogP contribution in [0.15, 0.2) is 0 Å². The normalized spacial score (nSPS) is 49.4. The molecule has 7 aliphatic rings. The SMILES string of the molecule is COC1C(CO)OC(OC2C(O)C(COC3OC(CO)C(O)C(O)C3O)OC(OC3C(CO)OC(OC4C(O)C(CO)OC(OC5C(C)OC(CO)C(O)C5OC5(C(=O)O)CC(O)C(C)C(C(O)CCO)O5)C4O)C(O)C3O)C2O)C(NC(C)=O)C1O. The molecule has 0 bridgehead atoms. The summed E-state index contributed by atoms with van der Waals surface area (Å²) < 4.78 is 81.2. The van der Waals surface area contributed by atoms with Gasteiger partial charge in [0, 0.05) is 33.0 Å². The third-order valence-electron chi connectivity index (χ3n) is 16.7. The highest BCUT2D eigenvalue weighted by Crippen LogP contribution is 2.42. The number of carbonyl (C=O) groups excluding carboxylic acids is 1. The quantitative estimate of drug-likeness (QED) is 0.0427. The van der Waals surface area contributed by atoms with Crippen LogP contribution in [0, 0.1) is 5.92 Å². The van der Waals surface area contributed by atoms with Crippen LogP contribution >= 0.6 is 0 Å². The van der Waals surface area contributed by atoms with E-state index in [1.807, 2.05) is 0 Å². The maximum atomic E-state index is 13.1. The minimum Gasteiger partial charge on any atom is -0.477 e. The third-order valence-corrected chi connectivity index (χ3v) is 16.7. The lowest BCUT2D eigenvalue weighted by Crippen LogP contribution is -2.69. The first kappa shape index (κ1) is 72.1. The molecule has 506 valence electrons. The van der Waals surface area contributed by atoms with Crippen LogP contribution in [0.2, 0.25) is 0 Å². The standard InChI is InChI=1S/C50H85NO36/c1-14-18(60)7-50(49(72)73,86-37(14)17(59)5-6-52)87-43-28(63)20(9-54)76-15(2)38(43)82-47-35(70)41(27(62)21(10-55)78-47)85-46-34(69)32(67)40(23(12-57)80-46)83-48-36(71)42(84-44-25(51-16(3)58)30(65)39(74-4)22(11-56)79-44)29(64)24(81-48)13-75-45-33(68)31(66)26(61)19(8-53)77-45/h14-15,17-48,52-57,59-71H,5-13H2,1-4H3,(H,51,58)(H,72,73). The van der Waals surface area contributed by atoms with Crippen molar-refractivity contribution in [3.63, 3.8) is 0 Å². The lowest BCUT2D eigenvalue weighted by Gasteiger charge is -2.51. The molecule has 0 aromatic carbocycles. The first-order valence-electron chi connectivity index (χ1n) is 28.2. The molecule has 87 heavy (non-hydrogen) atoms. The summed E-state index contributed by atoms with van der Waals surface area (Å²) in [5.74, 6) is -6.41. The number of amides is 1. The summed E-state index contributed by atoms with van der Waals surface area (Å²) in [6, 6.07) is -1.55. The molecule has 7 rings (SSSR count). The molecule has 0 aromatic heterocycles. The lowest BCUT2D eigenvalue weighted by molar-refractivity contribution is -0.397. The molecule has 1 amide bonds. The van der Waals surface area contributed by atoms with Crippen molar-refractivity contribution in [2.24, 2.45) is 5.92 Å². The molecular formula is C50H85NO36. The van der Waals surface area contributed by atoms with Crippen LogP contribution in [-0.2, 0) is 75.9 Å². The Hall–Kier alpha value is -2.38. The van der Waals surface area contributed by atoms with Crippen LogP contribution in [-0.4, -0.2) is 375 Å². The summed E-state index contributed by atoms with van der Waals surface area (Å²) in [5, 5.41) is 220. The van der Waals surface area contributed by atoms with Crippen molar-refractivity contribution in [1.29, 1.82) is 0 Å². The molecule has 21 N–H and O–H groups in total. The van der Waals surface area contributed by atoms with E-state index in [-0.39, 0.29) is 6.42 Å². The summed E-state index contributed by atoms with van der Waals surface area (Å²) in [5.41, 5.74) is 0. The van der Waals surface area contributed by atoms with Crippen molar-refractivity contribution in [3.8, 4) is 0 Å². The second-order valence-electron chi connectivity index (χ2n) is 22.5. The number of carbonyl (C=O) groups is 2. The molecule has 0 saturated carbocycles. The number of rotatable bonds is 24. The molecule has 7 saturated heterocycles. The van der Waals surface area contributed by atoms with Crippen molar-refractivity contribution >= 4 is 11.9 Å². The van der Waals surface area contributed by atoms with E-state index in [9.17, 15) is 112 Å². The lowest BCUT2D eigenvalue weighted by atomic mass is 9.85. The van der Waals surface area contributed by atoms with Crippen molar-refractivity contribution in [3.05, 3.63) is 0 Å². The maximum Gasteiger partial charge on any atom is 0.364 e. The van der Waals surface area contributed by atoms with Crippen molar-refractivity contribution in [2.75, 3.05) is 53.4 Å². The molecule has 0 spiro atoms. The number of hydrogen-bond acceptors (Lipinski definition) is 35. The molecule has 0 aliphatic carbocycles. The largest absolute Gasteiger partial charge is 0.477 e. The number of aliphatic hydroxyl groups is 19. The number of carboxylic acid groups (broad SMARTS) is 1. The van der Waals surface area contributed by atoms with Gasteiger partial charge in [-0.05, 0) is 13.3 Å². The van der Waals surface area contributed by atoms with Gasteiger partial charge in [-0.15, -0.1) is 0 Å². The van der Waals surface area contributed by atoms with Gasteiger partial charge in [-0.1, -0.05) is 6.92 Å². The summed E-state index contributed by atoms with van der Waals surface area (Å²) in [7, 11) is 1.17. The summed E-state index contributed by atoms with van der Waals surface area (Å²) >= 11 is 0. The predicted octanol–water partition coefficient (Wildman–Crippen LogP) is -12.9. The summed E-state index contributed by atoms with van der Waals surface area (Å²) in [4.78, 5) is 25.5. The van der Waals surface area contributed by atoms with E-state index in [0.717, 1.165) is 6.92 Å². The Morgan fingerprint density at radius 3 is 1.54 bits per heavy atom. The van der Waals surface area contributed by atoms with Crippen LogP contribution in [0.5, 0.6) is 0 Å². The van der Waals surface area contributed by atoms with Gasteiger partial charge < -0.3 is 174 Å². The minimum atomic E-state index is -2.88. The van der Waals surface area contributed by atoms with Gasteiger partial charge in [0.2, 0.25) is 5.91 Å². The Kier molecular flexibility index (Phi) is 25.7. The molecule has 37 heteroatoms. The molecular weight excluding hydrogens is 1190 g/mol. The zero-order valence-electron chi connectivity index (χ0n) is 47.5. The van der Waals surface area contributed by atoms with Crippen molar-refractivity contribution in [1.82, 2.24) is 5.32 Å². The number of methoxy groups -OCH3 is 1. The number of aliphatic carboxylic acids is 1. The molecule has 7 heterocycles. The zero-order valence-corrected chi connectivity index (χ0v) is 47.5. The predicted molar refractivity (Wildman–Crippen MR) is 271 cm³/mol. The maximum absolute atomic E-state index is 13.1. The van der Waals surface area contributed by atoms with Crippen LogP contribution in [0.25, 0.3) is 0 Å². The fourth-order valence-corrected chi connectivity index (χ4v) is 11.7. The van der Waals surface area contributed by atoms with E-state index in [1.54, 1.807) is 0 Å².